The summed E-state index contributed by atoms with van der Waals surface area (Å²) in [7, 11) is 0. The van der Waals surface area contributed by atoms with Gasteiger partial charge in [0.15, 0.2) is 0 Å². The minimum Gasteiger partial charge on any atom is -0.507 e. The summed E-state index contributed by atoms with van der Waals surface area (Å²) in [5.41, 5.74) is 5.35. The summed E-state index contributed by atoms with van der Waals surface area (Å²) in [5, 5.41) is 11.5. The fraction of sp³-hybridized carbons (Fsp3) is 0.212. The van der Waals surface area contributed by atoms with Gasteiger partial charge in [-0.25, -0.2) is 4.39 Å². The average molecular weight is 686 g/mol. The molecule has 0 amide bonds. The van der Waals surface area contributed by atoms with Crippen LogP contribution in [0.2, 0.25) is 0 Å². The quantitative estimate of drug-likeness (QED) is 0.194. The Morgan fingerprint density at radius 2 is 1.71 bits per heavy atom. The van der Waals surface area contributed by atoms with Gasteiger partial charge in [-0.15, -0.1) is 34.9 Å². The van der Waals surface area contributed by atoms with Crippen molar-refractivity contribution in [3.05, 3.63) is 114 Å². The maximum atomic E-state index is 12.9. The van der Waals surface area contributed by atoms with Crippen molar-refractivity contribution in [2.24, 2.45) is 5.41 Å². The van der Waals surface area contributed by atoms with Gasteiger partial charge in [0.05, 0.1) is 5.69 Å². The second kappa shape index (κ2) is 12.4. The third-order valence-corrected chi connectivity index (χ3v) is 5.59. The first kappa shape index (κ1) is 26.2. The zero-order chi connectivity index (χ0) is 28.4. The van der Waals surface area contributed by atoms with Gasteiger partial charge in [-0.3, -0.25) is 4.98 Å². The van der Waals surface area contributed by atoms with E-state index in [0.29, 0.717) is 16.8 Å². The predicted molar refractivity (Wildman–Crippen MR) is 150 cm³/mol. The van der Waals surface area contributed by atoms with Gasteiger partial charge in [-0.05, 0) is 70.2 Å². The number of aromatic hydroxyl groups is 1. The number of halogens is 1. The summed E-state index contributed by atoms with van der Waals surface area (Å²) in [6.07, 6.45) is 1.98. The van der Waals surface area contributed by atoms with Crippen molar-refractivity contribution in [1.29, 1.82) is 0 Å². The minimum atomic E-state index is -1.41. The third-order valence-electron chi connectivity index (χ3n) is 5.59. The number of hydrogen-bond acceptors (Lipinski definition) is 3. The molecule has 5 rings (SSSR count). The van der Waals surface area contributed by atoms with Gasteiger partial charge in [-0.1, -0.05) is 58.9 Å². The maximum absolute atomic E-state index is 12.9. The average Bonchev–Trinajstić information content (AvgIpc) is 2.89. The second-order valence-corrected chi connectivity index (χ2v) is 10.1. The molecule has 0 fully saturated rings. The molecule has 0 spiro atoms. The van der Waals surface area contributed by atoms with Crippen LogP contribution >= 0.6 is 0 Å². The molecule has 0 aliphatic carbocycles. The number of benzene rings is 3. The van der Waals surface area contributed by atoms with Crippen molar-refractivity contribution in [3.63, 3.8) is 0 Å². The van der Waals surface area contributed by atoms with Crippen molar-refractivity contribution in [2.75, 3.05) is 0 Å². The Labute approximate surface area is 241 Å². The number of aromatic nitrogens is 2. The van der Waals surface area contributed by atoms with E-state index in [4.69, 9.17) is 2.74 Å². The summed E-state index contributed by atoms with van der Waals surface area (Å²) < 4.78 is 29.9. The zero-order valence-electron chi connectivity index (χ0n) is 24.1. The third kappa shape index (κ3) is 7.56. The molecule has 2 aromatic heterocycles. The van der Waals surface area contributed by atoms with Gasteiger partial charge >= 0.3 is 0 Å². The van der Waals surface area contributed by atoms with Crippen molar-refractivity contribution in [2.45, 2.75) is 41.0 Å². The van der Waals surface area contributed by atoms with Crippen molar-refractivity contribution >= 4 is 10.8 Å². The molecule has 0 atom stereocenters. The number of pyridine rings is 2. The monoisotopic (exact) mass is 686 g/mol. The van der Waals surface area contributed by atoms with Gasteiger partial charge < -0.3 is 10.1 Å². The van der Waals surface area contributed by atoms with E-state index < -0.39 is 11.8 Å². The van der Waals surface area contributed by atoms with E-state index in [9.17, 15) is 9.50 Å². The van der Waals surface area contributed by atoms with Gasteiger partial charge in [0.1, 0.15) is 11.6 Å². The van der Waals surface area contributed by atoms with Gasteiger partial charge in [0.25, 0.3) is 0 Å². The first-order valence-electron chi connectivity index (χ1n) is 13.2. The summed E-state index contributed by atoms with van der Waals surface area (Å²) >= 11 is 0. The summed E-state index contributed by atoms with van der Waals surface area (Å²) in [4.78, 5) is 8.60. The van der Waals surface area contributed by atoms with Gasteiger partial charge in [-0.2, -0.15) is 0 Å². The van der Waals surface area contributed by atoms with Gasteiger partial charge in [0, 0.05) is 40.8 Å². The minimum absolute atomic E-state index is 0. The van der Waals surface area contributed by atoms with Crippen molar-refractivity contribution < 1.29 is 32.3 Å². The van der Waals surface area contributed by atoms with Crippen LogP contribution in [-0.2, 0) is 26.5 Å². The van der Waals surface area contributed by atoms with Crippen LogP contribution in [-0.4, -0.2) is 15.1 Å². The van der Waals surface area contributed by atoms with Crippen molar-refractivity contribution in [1.82, 2.24) is 9.97 Å². The molecule has 2 heterocycles. The molecular formula is C33H32FIrN2O-. The molecule has 0 bridgehead atoms. The molecule has 0 unspecified atom stereocenters. The van der Waals surface area contributed by atoms with Crippen LogP contribution < -0.4 is 0 Å². The van der Waals surface area contributed by atoms with Crippen LogP contribution in [0, 0.1) is 31.1 Å². The van der Waals surface area contributed by atoms with Crippen LogP contribution in [0.25, 0.3) is 33.3 Å². The number of fused-ring (bicyclic) bond motifs is 1. The topological polar surface area (TPSA) is 46.0 Å². The maximum Gasteiger partial charge on any atom is 0.125 e. The molecular weight excluding hydrogens is 652 g/mol. The molecule has 0 saturated carbocycles. The van der Waals surface area contributed by atoms with E-state index in [1.165, 1.54) is 23.8 Å². The van der Waals surface area contributed by atoms with E-state index in [2.05, 4.69) is 35.1 Å². The Morgan fingerprint density at radius 3 is 2.39 bits per heavy atom. The predicted octanol–water partition coefficient (Wildman–Crippen LogP) is 8.50. The number of aryl methyl sites for hydroxylation is 2. The normalized spacial score (nSPS) is 12.1. The molecule has 5 heteroatoms. The van der Waals surface area contributed by atoms with Crippen LogP contribution in [0.5, 0.6) is 5.75 Å². The molecule has 0 saturated heterocycles. The summed E-state index contributed by atoms with van der Waals surface area (Å²) in [6.45, 7) is 9.90. The first-order chi connectivity index (χ1) is 18.4. The Hall–Kier alpha value is -3.40. The standard InChI is InChI=1S/C22H24N.C11H8FNO.Ir/c1-15-10-16(2)12-19(11-15)21-20-7-6-17(14-22(3,4)5)13-18(20)8-9-23-21;12-8-4-5-11(14)9(7-8)10-3-1-2-6-13-10;/h6-11,13H,14H2,1-5H3;1-7,14H;/q-1;;/i14D2;;. The largest absolute Gasteiger partial charge is 0.507 e. The molecule has 3 nitrogen and oxygen atoms in total. The Morgan fingerprint density at radius 1 is 0.921 bits per heavy atom. The fourth-order valence-electron chi connectivity index (χ4n) is 4.16. The molecule has 0 aliphatic heterocycles. The van der Waals surface area contributed by atoms with E-state index in [0.717, 1.165) is 27.6 Å². The molecule has 1 N–H and O–H groups in total. The summed E-state index contributed by atoms with van der Waals surface area (Å²) in [5.74, 6) is -0.353. The number of phenols is 1. The van der Waals surface area contributed by atoms with Crippen LogP contribution in [0.3, 0.4) is 0 Å². The molecule has 0 aliphatic rings. The van der Waals surface area contributed by atoms with E-state index in [-0.39, 0.29) is 31.7 Å². The first-order valence-corrected chi connectivity index (χ1v) is 12.2. The van der Waals surface area contributed by atoms with Crippen LogP contribution in [0.1, 0.15) is 40.2 Å². The number of phenolic OH excluding ortho intramolecular Hbond substituents is 1. The molecule has 197 valence electrons. The Kier molecular flexibility index (Phi) is 8.57. The number of nitrogens with zero attached hydrogens (tertiary/aromatic N) is 2. The van der Waals surface area contributed by atoms with Gasteiger partial charge in [0.2, 0.25) is 0 Å². The summed E-state index contributed by atoms with van der Waals surface area (Å²) in [6, 6.07) is 24.4. The fourth-order valence-corrected chi connectivity index (χ4v) is 4.16. The SMILES string of the molecule is Oc1ccc(F)cc1-c1ccccn1.[2H]C([2H])(c1ccc2c(-c3[c-]c(C)cc(C)c3)nccc2c1)C(C)(C)C.[Ir]. The van der Waals surface area contributed by atoms with Crippen LogP contribution in [0.4, 0.5) is 4.39 Å². The van der Waals surface area contributed by atoms with E-state index in [1.54, 1.807) is 30.6 Å². The Balaban J connectivity index is 0.000000250. The van der Waals surface area contributed by atoms with Crippen molar-refractivity contribution in [3.8, 4) is 28.3 Å². The smallest absolute Gasteiger partial charge is 0.125 e. The zero-order valence-corrected chi connectivity index (χ0v) is 24.5. The van der Waals surface area contributed by atoms with Crippen LogP contribution in [0.15, 0.2) is 85.2 Å². The molecule has 1 radical (unpaired) electrons. The second-order valence-electron chi connectivity index (χ2n) is 10.1. The Bertz CT molecular complexity index is 1600. The molecule has 38 heavy (non-hydrogen) atoms. The molecule has 3 aromatic carbocycles. The van der Waals surface area contributed by atoms with E-state index in [1.807, 2.05) is 52.0 Å². The molecule has 5 aromatic rings. The number of rotatable bonds is 3. The van der Waals surface area contributed by atoms with E-state index >= 15 is 0 Å². The number of hydrogen-bond donors (Lipinski definition) is 1.